The van der Waals surface area contributed by atoms with Crippen LogP contribution in [-0.4, -0.2) is 55.2 Å². The maximum absolute atomic E-state index is 6.17. The predicted molar refractivity (Wildman–Crippen MR) is 112 cm³/mol. The fourth-order valence-electron chi connectivity index (χ4n) is 3.89. The third-order valence-electron chi connectivity index (χ3n) is 5.48. The predicted octanol–water partition coefficient (Wildman–Crippen LogP) is 3.87. The Morgan fingerprint density at radius 1 is 1.35 bits per heavy atom. The van der Waals surface area contributed by atoms with E-state index in [0.717, 1.165) is 43.9 Å². The van der Waals surface area contributed by atoms with E-state index in [-0.39, 0.29) is 6.10 Å². The van der Waals surface area contributed by atoms with E-state index in [0.29, 0.717) is 5.92 Å². The van der Waals surface area contributed by atoms with Gasteiger partial charge in [0.25, 0.3) is 0 Å². The third-order valence-corrected chi connectivity index (χ3v) is 6.85. The number of benzene rings is 1. The zero-order chi connectivity index (χ0) is 18.4. The fraction of sp³-hybridized carbons (Fsp3) is 0.667. The van der Waals surface area contributed by atoms with Crippen LogP contribution in [0.3, 0.4) is 0 Å². The number of aliphatic imine (C=N–C) groups is 1. The Labute approximate surface area is 162 Å². The van der Waals surface area contributed by atoms with Crippen LogP contribution in [-0.2, 0) is 4.74 Å². The molecule has 0 aliphatic carbocycles. The Bertz CT molecular complexity index is 589. The average Bonchev–Trinajstić information content (AvgIpc) is 2.70. The maximum Gasteiger partial charge on any atom is 0.193 e. The van der Waals surface area contributed by atoms with Crippen molar-refractivity contribution in [3.63, 3.8) is 0 Å². The van der Waals surface area contributed by atoms with E-state index in [1.807, 2.05) is 7.05 Å². The van der Waals surface area contributed by atoms with Crippen LogP contribution in [0.5, 0.6) is 0 Å². The molecule has 3 unspecified atom stereocenters. The van der Waals surface area contributed by atoms with Gasteiger partial charge in [-0.05, 0) is 31.7 Å². The summed E-state index contributed by atoms with van der Waals surface area (Å²) in [6.07, 6.45) is 3.77. The SMILES string of the molecule is CCC1CN(C(=NC)NCC2CCCOC2c2ccc(C)cc2)CCS1. The van der Waals surface area contributed by atoms with Gasteiger partial charge in [0.15, 0.2) is 5.96 Å². The number of nitrogens with one attached hydrogen (secondary N) is 1. The number of aryl methyl sites for hydroxylation is 1. The number of guanidine groups is 1. The Balaban J connectivity index is 1.61. The molecule has 26 heavy (non-hydrogen) atoms. The lowest BCUT2D eigenvalue weighted by atomic mass is 9.89. The molecule has 2 aliphatic heterocycles. The van der Waals surface area contributed by atoms with Crippen LogP contribution in [0.25, 0.3) is 0 Å². The molecule has 5 heteroatoms. The lowest BCUT2D eigenvalue weighted by molar-refractivity contribution is -0.0266. The first-order chi connectivity index (χ1) is 12.7. The first-order valence-electron chi connectivity index (χ1n) is 9.96. The van der Waals surface area contributed by atoms with Crippen LogP contribution in [0.4, 0.5) is 0 Å². The quantitative estimate of drug-likeness (QED) is 0.640. The molecule has 1 aromatic rings. The molecule has 0 bridgehead atoms. The van der Waals surface area contributed by atoms with Crippen molar-refractivity contribution in [2.75, 3.05) is 39.0 Å². The molecule has 3 rings (SSSR count). The molecule has 144 valence electrons. The summed E-state index contributed by atoms with van der Waals surface area (Å²) in [5.74, 6) is 2.74. The van der Waals surface area contributed by atoms with Crippen molar-refractivity contribution in [2.24, 2.45) is 10.9 Å². The van der Waals surface area contributed by atoms with E-state index in [1.165, 1.54) is 29.7 Å². The maximum atomic E-state index is 6.17. The summed E-state index contributed by atoms with van der Waals surface area (Å²) in [5.41, 5.74) is 2.60. The van der Waals surface area contributed by atoms with Crippen LogP contribution < -0.4 is 5.32 Å². The Morgan fingerprint density at radius 2 is 2.15 bits per heavy atom. The molecule has 2 aliphatic rings. The van der Waals surface area contributed by atoms with Gasteiger partial charge in [-0.1, -0.05) is 36.8 Å². The van der Waals surface area contributed by atoms with Gasteiger partial charge in [-0.2, -0.15) is 11.8 Å². The average molecular weight is 376 g/mol. The Morgan fingerprint density at radius 3 is 2.88 bits per heavy atom. The molecule has 0 amide bonds. The molecule has 0 saturated carbocycles. The molecule has 2 fully saturated rings. The van der Waals surface area contributed by atoms with Gasteiger partial charge in [-0.25, -0.2) is 0 Å². The van der Waals surface area contributed by atoms with Crippen molar-refractivity contribution in [3.05, 3.63) is 35.4 Å². The molecule has 2 heterocycles. The van der Waals surface area contributed by atoms with Gasteiger partial charge in [0.1, 0.15) is 0 Å². The lowest BCUT2D eigenvalue weighted by Crippen LogP contribution is -2.49. The second-order valence-electron chi connectivity index (χ2n) is 7.38. The Kier molecular flexibility index (Phi) is 7.26. The molecule has 3 atom stereocenters. The van der Waals surface area contributed by atoms with Gasteiger partial charge in [0.05, 0.1) is 6.10 Å². The van der Waals surface area contributed by atoms with Crippen molar-refractivity contribution >= 4 is 17.7 Å². The highest BCUT2D eigenvalue weighted by atomic mass is 32.2. The molecule has 2 saturated heterocycles. The van der Waals surface area contributed by atoms with Crippen LogP contribution in [0.1, 0.15) is 43.4 Å². The summed E-state index contributed by atoms with van der Waals surface area (Å²) in [5, 5.41) is 4.37. The van der Waals surface area contributed by atoms with Gasteiger partial charge >= 0.3 is 0 Å². The highest BCUT2D eigenvalue weighted by Crippen LogP contribution is 2.33. The van der Waals surface area contributed by atoms with Crippen molar-refractivity contribution < 1.29 is 4.74 Å². The standard InChI is InChI=1S/C21H33N3OS/c1-4-19-15-24(11-13-26-19)21(22-3)23-14-18-6-5-12-25-20(18)17-9-7-16(2)8-10-17/h7-10,18-20H,4-6,11-15H2,1-3H3,(H,22,23). The number of nitrogens with zero attached hydrogens (tertiary/aromatic N) is 2. The topological polar surface area (TPSA) is 36.9 Å². The smallest absolute Gasteiger partial charge is 0.193 e. The zero-order valence-electron chi connectivity index (χ0n) is 16.4. The third kappa shape index (κ3) is 4.95. The molecule has 1 aromatic carbocycles. The summed E-state index contributed by atoms with van der Waals surface area (Å²) in [4.78, 5) is 6.98. The minimum atomic E-state index is 0.190. The van der Waals surface area contributed by atoms with Gasteiger partial charge < -0.3 is 15.0 Å². The van der Waals surface area contributed by atoms with E-state index in [1.54, 1.807) is 0 Å². The van der Waals surface area contributed by atoms with E-state index in [2.05, 4.69) is 65.1 Å². The summed E-state index contributed by atoms with van der Waals surface area (Å²) in [6, 6.07) is 8.82. The van der Waals surface area contributed by atoms with Crippen molar-refractivity contribution in [1.29, 1.82) is 0 Å². The number of hydrogen-bond donors (Lipinski definition) is 1. The molecule has 1 N–H and O–H groups in total. The highest BCUT2D eigenvalue weighted by molar-refractivity contribution is 8.00. The van der Waals surface area contributed by atoms with Crippen LogP contribution in [0.15, 0.2) is 29.3 Å². The first kappa shape index (κ1) is 19.6. The van der Waals surface area contributed by atoms with Crippen molar-refractivity contribution in [3.8, 4) is 0 Å². The molecule has 0 spiro atoms. The van der Waals surface area contributed by atoms with E-state index < -0.39 is 0 Å². The number of rotatable bonds is 4. The lowest BCUT2D eigenvalue weighted by Gasteiger charge is -2.36. The van der Waals surface area contributed by atoms with Gasteiger partial charge in [-0.3, -0.25) is 4.99 Å². The normalized spacial score (nSPS) is 27.4. The van der Waals surface area contributed by atoms with Crippen LogP contribution in [0.2, 0.25) is 0 Å². The van der Waals surface area contributed by atoms with E-state index in [9.17, 15) is 0 Å². The second-order valence-corrected chi connectivity index (χ2v) is 8.79. The summed E-state index contributed by atoms with van der Waals surface area (Å²) < 4.78 is 6.17. The van der Waals surface area contributed by atoms with Crippen molar-refractivity contribution in [1.82, 2.24) is 10.2 Å². The molecular formula is C21H33N3OS. The number of thioether (sulfide) groups is 1. The second kappa shape index (κ2) is 9.65. The zero-order valence-corrected chi connectivity index (χ0v) is 17.2. The number of ether oxygens (including phenoxy) is 1. The summed E-state index contributed by atoms with van der Waals surface area (Å²) in [7, 11) is 1.90. The Hall–Kier alpha value is -1.20. The molecule has 4 nitrogen and oxygen atoms in total. The molecule has 0 aromatic heterocycles. The summed E-state index contributed by atoms with van der Waals surface area (Å²) in [6.45, 7) is 8.39. The van der Waals surface area contributed by atoms with E-state index >= 15 is 0 Å². The molecule has 0 radical (unpaired) electrons. The minimum Gasteiger partial charge on any atom is -0.373 e. The van der Waals surface area contributed by atoms with E-state index in [4.69, 9.17) is 4.74 Å². The van der Waals surface area contributed by atoms with Crippen molar-refractivity contribution in [2.45, 2.75) is 44.5 Å². The van der Waals surface area contributed by atoms with Gasteiger partial charge in [-0.15, -0.1) is 0 Å². The minimum absolute atomic E-state index is 0.190. The number of hydrogen-bond acceptors (Lipinski definition) is 3. The van der Waals surface area contributed by atoms with Crippen LogP contribution in [0, 0.1) is 12.8 Å². The first-order valence-corrected chi connectivity index (χ1v) is 11.0. The van der Waals surface area contributed by atoms with Gasteiger partial charge in [0, 0.05) is 50.2 Å². The van der Waals surface area contributed by atoms with Crippen LogP contribution >= 0.6 is 11.8 Å². The fourth-order valence-corrected chi connectivity index (χ4v) is 5.07. The highest BCUT2D eigenvalue weighted by Gasteiger charge is 2.28. The van der Waals surface area contributed by atoms with Gasteiger partial charge in [0.2, 0.25) is 0 Å². The monoisotopic (exact) mass is 375 g/mol. The summed E-state index contributed by atoms with van der Waals surface area (Å²) >= 11 is 2.10. The largest absolute Gasteiger partial charge is 0.373 e. The molecular weight excluding hydrogens is 342 g/mol.